The molecule has 0 aliphatic carbocycles. The van der Waals surface area contributed by atoms with Crippen molar-refractivity contribution in [3.05, 3.63) is 29.8 Å². The maximum atomic E-state index is 13.0. The molecule has 2 aliphatic heterocycles. The van der Waals surface area contributed by atoms with Crippen LogP contribution < -0.4 is 4.74 Å². The van der Waals surface area contributed by atoms with E-state index in [2.05, 4.69) is 18.7 Å². The summed E-state index contributed by atoms with van der Waals surface area (Å²) >= 11 is 0. The van der Waals surface area contributed by atoms with Crippen LogP contribution in [-0.4, -0.2) is 60.8 Å². The molecule has 148 valence electrons. The van der Waals surface area contributed by atoms with Crippen LogP contribution in [0, 0.1) is 11.8 Å². The Bertz CT molecular complexity index is 665. The third kappa shape index (κ3) is 4.52. The summed E-state index contributed by atoms with van der Waals surface area (Å²) in [7, 11) is 1.59. The molecule has 0 N–H and O–H groups in total. The lowest BCUT2D eigenvalue weighted by Gasteiger charge is -2.38. The van der Waals surface area contributed by atoms with Gasteiger partial charge in [0.15, 0.2) is 5.78 Å². The minimum atomic E-state index is -0.130. The summed E-state index contributed by atoms with van der Waals surface area (Å²) in [4.78, 5) is 30.4. The Kier molecular flexibility index (Phi) is 6.53. The fourth-order valence-corrected chi connectivity index (χ4v) is 4.38. The van der Waals surface area contributed by atoms with Crippen molar-refractivity contribution in [2.45, 2.75) is 45.6 Å². The molecule has 2 aliphatic rings. The maximum Gasteiger partial charge on any atom is 0.225 e. The Morgan fingerprint density at radius 1 is 1.04 bits per heavy atom. The molecular weight excluding hydrogens is 340 g/mol. The van der Waals surface area contributed by atoms with Crippen LogP contribution in [0.25, 0.3) is 0 Å². The molecule has 5 heteroatoms. The van der Waals surface area contributed by atoms with Gasteiger partial charge >= 0.3 is 0 Å². The quantitative estimate of drug-likeness (QED) is 0.745. The number of nitrogens with zero attached hydrogens (tertiary/aromatic N) is 2. The van der Waals surface area contributed by atoms with Crippen molar-refractivity contribution in [2.24, 2.45) is 11.8 Å². The number of likely N-dealkylation sites (tertiary alicyclic amines) is 2. The number of piperidine rings is 2. The van der Waals surface area contributed by atoms with Crippen molar-refractivity contribution in [1.29, 1.82) is 0 Å². The summed E-state index contributed by atoms with van der Waals surface area (Å²) in [6, 6.07) is 7.92. The van der Waals surface area contributed by atoms with Crippen molar-refractivity contribution in [1.82, 2.24) is 9.80 Å². The van der Waals surface area contributed by atoms with Gasteiger partial charge in [-0.25, -0.2) is 0 Å². The first-order chi connectivity index (χ1) is 13.0. The zero-order valence-electron chi connectivity index (χ0n) is 16.8. The molecule has 1 atom stereocenters. The Balaban J connectivity index is 1.62. The summed E-state index contributed by atoms with van der Waals surface area (Å²) in [6.07, 6.45) is 3.59. The third-order valence-corrected chi connectivity index (χ3v) is 6.09. The first-order valence-corrected chi connectivity index (χ1v) is 10.2. The zero-order valence-corrected chi connectivity index (χ0v) is 16.8. The number of carbonyl (C=O) groups excluding carboxylic acids is 2. The second kappa shape index (κ2) is 8.87. The zero-order chi connectivity index (χ0) is 19.4. The molecule has 2 fully saturated rings. The summed E-state index contributed by atoms with van der Waals surface area (Å²) in [5, 5.41) is 0. The fourth-order valence-electron chi connectivity index (χ4n) is 4.38. The third-order valence-electron chi connectivity index (χ3n) is 6.09. The molecule has 27 heavy (non-hydrogen) atoms. The van der Waals surface area contributed by atoms with E-state index in [-0.39, 0.29) is 23.5 Å². The van der Waals surface area contributed by atoms with Crippen molar-refractivity contribution in [3.63, 3.8) is 0 Å². The normalized spacial score (nSPS) is 22.1. The van der Waals surface area contributed by atoms with Gasteiger partial charge in [-0.15, -0.1) is 0 Å². The summed E-state index contributed by atoms with van der Waals surface area (Å²) in [5.74, 6) is 0.942. The van der Waals surface area contributed by atoms with E-state index in [1.54, 1.807) is 7.11 Å². The number of amides is 1. The van der Waals surface area contributed by atoms with Crippen LogP contribution in [0.4, 0.5) is 0 Å². The molecular formula is C22H32N2O3. The number of methoxy groups -OCH3 is 1. The molecule has 2 heterocycles. The van der Waals surface area contributed by atoms with Gasteiger partial charge in [-0.1, -0.05) is 12.1 Å². The van der Waals surface area contributed by atoms with E-state index < -0.39 is 0 Å². The van der Waals surface area contributed by atoms with E-state index in [0.717, 1.165) is 45.3 Å². The molecule has 1 amide bonds. The molecule has 0 unspecified atom stereocenters. The Hall–Kier alpha value is -1.88. The van der Waals surface area contributed by atoms with Crippen LogP contribution in [0.3, 0.4) is 0 Å². The van der Waals surface area contributed by atoms with Gasteiger partial charge in [0.1, 0.15) is 5.75 Å². The van der Waals surface area contributed by atoms with E-state index in [1.165, 1.54) is 0 Å². The van der Waals surface area contributed by atoms with Gasteiger partial charge in [0.2, 0.25) is 5.91 Å². The molecule has 1 aromatic carbocycles. The van der Waals surface area contributed by atoms with Gasteiger partial charge < -0.3 is 14.5 Å². The maximum absolute atomic E-state index is 13.0. The van der Waals surface area contributed by atoms with Crippen molar-refractivity contribution in [2.75, 3.05) is 33.3 Å². The number of rotatable bonds is 5. The van der Waals surface area contributed by atoms with Gasteiger partial charge in [0, 0.05) is 31.0 Å². The lowest BCUT2D eigenvalue weighted by atomic mass is 9.88. The smallest absolute Gasteiger partial charge is 0.225 e. The van der Waals surface area contributed by atoms with E-state index in [9.17, 15) is 9.59 Å². The predicted molar refractivity (Wildman–Crippen MR) is 106 cm³/mol. The number of hydrogen-bond donors (Lipinski definition) is 0. The first kappa shape index (κ1) is 19.9. The number of hydrogen-bond acceptors (Lipinski definition) is 4. The number of Topliss-reactive ketones (excluding diaryl/α,β-unsaturated/α-hetero) is 1. The van der Waals surface area contributed by atoms with E-state index in [4.69, 9.17) is 4.74 Å². The molecule has 0 spiro atoms. The lowest BCUT2D eigenvalue weighted by Crippen LogP contribution is -2.48. The van der Waals surface area contributed by atoms with Gasteiger partial charge in [-0.3, -0.25) is 9.59 Å². The van der Waals surface area contributed by atoms with Gasteiger partial charge in [-0.05, 0) is 64.8 Å². The second-order valence-electron chi connectivity index (χ2n) is 8.09. The topological polar surface area (TPSA) is 49.9 Å². The van der Waals surface area contributed by atoms with E-state index in [0.29, 0.717) is 23.9 Å². The average Bonchev–Trinajstić information content (AvgIpc) is 2.72. The minimum Gasteiger partial charge on any atom is -0.496 e. The van der Waals surface area contributed by atoms with Crippen LogP contribution in [-0.2, 0) is 4.79 Å². The highest BCUT2D eigenvalue weighted by Gasteiger charge is 2.34. The van der Waals surface area contributed by atoms with Crippen molar-refractivity contribution >= 4 is 11.7 Å². The van der Waals surface area contributed by atoms with Crippen molar-refractivity contribution < 1.29 is 14.3 Å². The molecule has 0 bridgehead atoms. The number of benzene rings is 1. The highest BCUT2D eigenvalue weighted by molar-refractivity contribution is 6.00. The molecule has 0 saturated carbocycles. The van der Waals surface area contributed by atoms with Crippen LogP contribution >= 0.6 is 0 Å². The van der Waals surface area contributed by atoms with E-state index >= 15 is 0 Å². The van der Waals surface area contributed by atoms with E-state index in [1.807, 2.05) is 29.2 Å². The molecule has 0 aromatic heterocycles. The second-order valence-corrected chi connectivity index (χ2v) is 8.09. The number of ether oxygens (including phenoxy) is 1. The highest BCUT2D eigenvalue weighted by atomic mass is 16.5. The van der Waals surface area contributed by atoms with Gasteiger partial charge in [0.25, 0.3) is 0 Å². The van der Waals surface area contributed by atoms with Crippen molar-refractivity contribution in [3.8, 4) is 5.75 Å². The van der Waals surface area contributed by atoms with Crippen LogP contribution in [0.15, 0.2) is 24.3 Å². The minimum absolute atomic E-state index is 0.0968. The molecule has 0 radical (unpaired) electrons. The summed E-state index contributed by atoms with van der Waals surface area (Å²) in [6.45, 7) is 7.72. The first-order valence-electron chi connectivity index (χ1n) is 10.2. The monoisotopic (exact) mass is 372 g/mol. The van der Waals surface area contributed by atoms with Gasteiger partial charge in [-0.2, -0.15) is 0 Å². The molecule has 2 saturated heterocycles. The van der Waals surface area contributed by atoms with Crippen LogP contribution in [0.5, 0.6) is 5.75 Å². The molecule has 1 aromatic rings. The van der Waals surface area contributed by atoms with Gasteiger partial charge in [0.05, 0.1) is 12.7 Å². The molecule has 3 rings (SSSR count). The lowest BCUT2D eigenvalue weighted by molar-refractivity contribution is -0.138. The molecule has 5 nitrogen and oxygen atoms in total. The number of carbonyl (C=O) groups is 2. The summed E-state index contributed by atoms with van der Waals surface area (Å²) < 4.78 is 5.35. The predicted octanol–water partition coefficient (Wildman–Crippen LogP) is 3.24. The Morgan fingerprint density at radius 2 is 1.74 bits per heavy atom. The van der Waals surface area contributed by atoms with Crippen LogP contribution in [0.2, 0.25) is 0 Å². The number of ketones is 1. The Morgan fingerprint density at radius 3 is 2.41 bits per heavy atom. The highest BCUT2D eigenvalue weighted by Crippen LogP contribution is 2.28. The fraction of sp³-hybridized carbons (Fsp3) is 0.636. The van der Waals surface area contributed by atoms with Crippen LogP contribution in [0.1, 0.15) is 49.9 Å². The standard InChI is InChI=1S/C22H32N2O3/c1-16(2)23-13-10-17(11-14-23)22(26)24-12-6-7-18(15-24)21(25)19-8-4-5-9-20(19)27-3/h4-5,8-9,16-18H,6-7,10-15H2,1-3H3/t18-/m1/s1. The SMILES string of the molecule is COc1ccccc1C(=O)[C@@H]1CCCN(C(=O)C2CCN(C(C)C)CC2)C1. The average molecular weight is 373 g/mol. The Labute approximate surface area is 162 Å². The number of para-hydroxylation sites is 1. The summed E-state index contributed by atoms with van der Waals surface area (Å²) in [5.41, 5.74) is 0.629. The largest absolute Gasteiger partial charge is 0.496 e.